The van der Waals surface area contributed by atoms with Crippen LogP contribution in [0.3, 0.4) is 0 Å². The largest absolute Gasteiger partial charge is 0.456 e. The van der Waals surface area contributed by atoms with Crippen LogP contribution < -0.4 is 10.1 Å². The van der Waals surface area contributed by atoms with Crippen LogP contribution in [-0.4, -0.2) is 15.9 Å². The molecule has 1 N–H and O–H groups in total. The van der Waals surface area contributed by atoms with Crippen LogP contribution in [0.25, 0.3) is 10.9 Å². The minimum absolute atomic E-state index is 0.0381. The van der Waals surface area contributed by atoms with Gasteiger partial charge in [-0.2, -0.15) is 13.8 Å². The molecule has 0 fully saturated rings. The van der Waals surface area contributed by atoms with E-state index in [9.17, 15) is 13.6 Å². The van der Waals surface area contributed by atoms with Gasteiger partial charge in [0.05, 0.1) is 5.52 Å². The first-order valence-electron chi connectivity index (χ1n) is 9.32. The summed E-state index contributed by atoms with van der Waals surface area (Å²) < 4.78 is 33.5. The number of carbonyl (C=O) groups excluding carboxylic acids is 1. The van der Waals surface area contributed by atoms with E-state index in [-0.39, 0.29) is 18.0 Å². The Labute approximate surface area is 185 Å². The summed E-state index contributed by atoms with van der Waals surface area (Å²) in [4.78, 5) is 20.1. The molecule has 2 aromatic heterocycles. The molecule has 0 unspecified atom stereocenters. The number of hydrogen-bond donors (Lipinski definition) is 1. The second-order valence-corrected chi connectivity index (χ2v) is 7.72. The molecule has 156 valence electrons. The van der Waals surface area contributed by atoms with E-state index >= 15 is 0 Å². The highest BCUT2D eigenvalue weighted by molar-refractivity contribution is 9.10. The number of nitrogens with zero attached hydrogens (tertiary/aromatic N) is 2. The van der Waals surface area contributed by atoms with Gasteiger partial charge in [-0.1, -0.05) is 22.0 Å². The number of fused-ring (bicyclic) bond motifs is 1. The topological polar surface area (TPSA) is 64.1 Å². The quantitative estimate of drug-likeness (QED) is 0.369. The summed E-state index contributed by atoms with van der Waals surface area (Å²) in [5.74, 6) is -1.13. The van der Waals surface area contributed by atoms with Gasteiger partial charge >= 0.3 is 0 Å². The first kappa shape index (κ1) is 20.9. The number of hydrogen-bond acceptors (Lipinski definition) is 4. The predicted molar refractivity (Wildman–Crippen MR) is 116 cm³/mol. The molecule has 2 aromatic carbocycles. The Balaban J connectivity index is 1.56. The number of amides is 1. The van der Waals surface area contributed by atoms with E-state index in [2.05, 4.69) is 31.2 Å². The lowest BCUT2D eigenvalue weighted by Gasteiger charge is -2.14. The average molecular weight is 484 g/mol. The second kappa shape index (κ2) is 8.77. The first-order chi connectivity index (χ1) is 14.9. The molecule has 0 atom stereocenters. The van der Waals surface area contributed by atoms with Gasteiger partial charge in [-0.15, -0.1) is 0 Å². The van der Waals surface area contributed by atoms with Crippen molar-refractivity contribution in [1.29, 1.82) is 0 Å². The number of pyridine rings is 2. The maximum atomic E-state index is 13.2. The van der Waals surface area contributed by atoms with Crippen LogP contribution in [0, 0.1) is 18.8 Å². The molecule has 4 aromatic rings. The third-order valence-corrected chi connectivity index (χ3v) is 5.18. The zero-order valence-electron chi connectivity index (χ0n) is 16.3. The van der Waals surface area contributed by atoms with Gasteiger partial charge in [0, 0.05) is 33.7 Å². The zero-order chi connectivity index (χ0) is 22.0. The van der Waals surface area contributed by atoms with Gasteiger partial charge in [-0.05, 0) is 61.0 Å². The summed E-state index contributed by atoms with van der Waals surface area (Å²) >= 11 is 3.43. The lowest BCUT2D eigenvalue weighted by Crippen LogP contribution is -2.24. The molecule has 31 heavy (non-hydrogen) atoms. The van der Waals surface area contributed by atoms with Crippen LogP contribution in [0.1, 0.15) is 21.5 Å². The molecule has 0 saturated carbocycles. The fraction of sp³-hybridized carbons (Fsp3) is 0.0870. The molecule has 0 aliphatic carbocycles. The van der Waals surface area contributed by atoms with Crippen molar-refractivity contribution in [1.82, 2.24) is 15.3 Å². The van der Waals surface area contributed by atoms with Crippen molar-refractivity contribution < 1.29 is 18.3 Å². The zero-order valence-corrected chi connectivity index (χ0v) is 17.9. The maximum absolute atomic E-state index is 13.2. The number of aromatic nitrogens is 2. The van der Waals surface area contributed by atoms with Crippen molar-refractivity contribution in [3.63, 3.8) is 0 Å². The fourth-order valence-electron chi connectivity index (χ4n) is 3.17. The summed E-state index contributed by atoms with van der Waals surface area (Å²) in [5, 5.41) is 3.50. The lowest BCUT2D eigenvalue weighted by atomic mass is 10.1. The fourth-order valence-corrected chi connectivity index (χ4v) is 3.52. The second-order valence-electron chi connectivity index (χ2n) is 6.80. The van der Waals surface area contributed by atoms with Gasteiger partial charge in [0.1, 0.15) is 11.5 Å². The lowest BCUT2D eigenvalue weighted by molar-refractivity contribution is 0.0949. The number of benzene rings is 2. The Kier molecular flexibility index (Phi) is 5.90. The Morgan fingerprint density at radius 3 is 2.61 bits per heavy atom. The summed E-state index contributed by atoms with van der Waals surface area (Å²) in [7, 11) is 0. The minimum Gasteiger partial charge on any atom is -0.456 e. The molecule has 0 radical (unpaired) electrons. The Hall–Kier alpha value is -3.39. The summed E-state index contributed by atoms with van der Waals surface area (Å²) in [6.07, 6.45) is 1.66. The number of halogens is 3. The van der Waals surface area contributed by atoms with Crippen LogP contribution in [0.15, 0.2) is 65.3 Å². The normalized spacial score (nSPS) is 10.8. The molecule has 2 heterocycles. The average Bonchev–Trinajstić information content (AvgIpc) is 2.73. The van der Waals surface area contributed by atoms with Crippen LogP contribution in [-0.2, 0) is 6.54 Å². The summed E-state index contributed by atoms with van der Waals surface area (Å²) in [6, 6.07) is 14.7. The summed E-state index contributed by atoms with van der Waals surface area (Å²) in [6.45, 7) is 1.74. The van der Waals surface area contributed by atoms with E-state index in [4.69, 9.17) is 4.74 Å². The molecule has 5 nitrogen and oxygen atoms in total. The molecule has 0 saturated heterocycles. The summed E-state index contributed by atoms with van der Waals surface area (Å²) in [5.41, 5.74) is 2.08. The number of nitrogens with one attached hydrogen (secondary N) is 1. The van der Waals surface area contributed by atoms with Gasteiger partial charge in [-0.3, -0.25) is 9.78 Å². The highest BCUT2D eigenvalue weighted by Crippen LogP contribution is 2.32. The van der Waals surface area contributed by atoms with E-state index in [1.165, 1.54) is 0 Å². The molecule has 0 bridgehead atoms. The minimum atomic E-state index is -0.938. The van der Waals surface area contributed by atoms with Crippen molar-refractivity contribution in [3.8, 4) is 11.5 Å². The van der Waals surface area contributed by atoms with Crippen LogP contribution in [0.4, 0.5) is 8.78 Å². The number of rotatable bonds is 5. The maximum Gasteiger partial charge on any atom is 0.251 e. The Morgan fingerprint density at radius 1 is 1.06 bits per heavy atom. The molecule has 0 aliphatic heterocycles. The van der Waals surface area contributed by atoms with Gasteiger partial charge in [0.25, 0.3) is 5.91 Å². The van der Waals surface area contributed by atoms with Crippen molar-refractivity contribution in [2.75, 3.05) is 0 Å². The standard InChI is InChI=1S/C23H16BrF2N3O2/c1-13-16(23(30)28-12-14-9-21(25)29-22(26)10-14)3-2-4-19(13)31-20-7-8-27-18-11-15(24)5-6-17(18)20/h2-11H,12H2,1H3,(H,28,30). The van der Waals surface area contributed by atoms with Crippen LogP contribution >= 0.6 is 15.9 Å². The molecule has 0 aliphatic rings. The van der Waals surface area contributed by atoms with Gasteiger partial charge in [0.2, 0.25) is 11.9 Å². The van der Waals surface area contributed by atoms with Gasteiger partial charge in [-0.25, -0.2) is 0 Å². The highest BCUT2D eigenvalue weighted by Gasteiger charge is 2.14. The van der Waals surface area contributed by atoms with E-state index in [1.54, 1.807) is 37.4 Å². The predicted octanol–water partition coefficient (Wildman–Crippen LogP) is 5.70. The smallest absolute Gasteiger partial charge is 0.251 e. The Bertz CT molecular complexity index is 1280. The Morgan fingerprint density at radius 2 is 1.84 bits per heavy atom. The number of ether oxygens (including phenoxy) is 1. The SMILES string of the molecule is Cc1c(Oc2ccnc3cc(Br)ccc23)cccc1C(=O)NCc1cc(F)nc(F)c1. The first-order valence-corrected chi connectivity index (χ1v) is 10.1. The van der Waals surface area contributed by atoms with Crippen molar-refractivity contribution in [3.05, 3.63) is 93.9 Å². The monoisotopic (exact) mass is 483 g/mol. The molecule has 1 amide bonds. The van der Waals surface area contributed by atoms with E-state index in [0.717, 1.165) is 27.5 Å². The van der Waals surface area contributed by atoms with E-state index in [1.807, 2.05) is 18.2 Å². The van der Waals surface area contributed by atoms with E-state index < -0.39 is 11.9 Å². The van der Waals surface area contributed by atoms with Crippen LogP contribution in [0.5, 0.6) is 11.5 Å². The van der Waals surface area contributed by atoms with Crippen molar-refractivity contribution in [2.45, 2.75) is 13.5 Å². The third kappa shape index (κ3) is 4.69. The van der Waals surface area contributed by atoms with Crippen LogP contribution in [0.2, 0.25) is 0 Å². The molecular formula is C23H16BrF2N3O2. The molecular weight excluding hydrogens is 468 g/mol. The highest BCUT2D eigenvalue weighted by atomic mass is 79.9. The molecule has 4 rings (SSSR count). The van der Waals surface area contributed by atoms with Crippen molar-refractivity contribution in [2.24, 2.45) is 0 Å². The van der Waals surface area contributed by atoms with Gasteiger partial charge < -0.3 is 10.1 Å². The van der Waals surface area contributed by atoms with Crippen molar-refractivity contribution >= 4 is 32.7 Å². The molecule has 8 heteroatoms. The van der Waals surface area contributed by atoms with Gasteiger partial charge in [0.15, 0.2) is 0 Å². The third-order valence-electron chi connectivity index (χ3n) is 4.69. The van der Waals surface area contributed by atoms with E-state index in [0.29, 0.717) is 22.6 Å². The number of carbonyl (C=O) groups is 1. The molecule has 0 spiro atoms.